The molecule has 2 N–H and O–H groups in total. The molecule has 2 saturated heterocycles. The molecule has 2 aromatic carbocycles. The number of amides is 3. The second kappa shape index (κ2) is 15.9. The highest BCUT2D eigenvalue weighted by molar-refractivity contribution is 6.03. The average molecular weight is 790 g/mol. The summed E-state index contributed by atoms with van der Waals surface area (Å²) in [7, 11) is 1.87. The maximum absolute atomic E-state index is 13.3. The normalized spacial score (nSPS) is 17.1. The summed E-state index contributed by atoms with van der Waals surface area (Å²) in [5, 5.41) is 7.01. The highest BCUT2D eigenvalue weighted by Gasteiger charge is 2.31. The number of hydrogen-bond donors (Lipinski definition) is 2. The molecule has 4 aromatic heterocycles. The molecule has 9 rings (SSSR count). The second-order valence-electron chi connectivity index (χ2n) is 15.3. The molecule has 0 saturated carbocycles. The van der Waals surface area contributed by atoms with Gasteiger partial charge in [0.15, 0.2) is 5.82 Å². The molecular weight excluding hydrogens is 747 g/mol. The van der Waals surface area contributed by atoms with Crippen LogP contribution in [-0.4, -0.2) is 63.5 Å². The van der Waals surface area contributed by atoms with Crippen molar-refractivity contribution < 1.29 is 23.5 Å². The van der Waals surface area contributed by atoms with Crippen LogP contribution in [0.3, 0.4) is 0 Å². The molecule has 0 bridgehead atoms. The summed E-state index contributed by atoms with van der Waals surface area (Å²) >= 11 is 0. The summed E-state index contributed by atoms with van der Waals surface area (Å²) in [5.74, 6) is 5.51. The van der Waals surface area contributed by atoms with Crippen molar-refractivity contribution in [3.63, 3.8) is 0 Å². The van der Waals surface area contributed by atoms with E-state index in [1.54, 1.807) is 35.2 Å². The average Bonchev–Trinajstić information content (AvgIpc) is 3.69. The molecule has 1 unspecified atom stereocenters. The minimum atomic E-state index is -0.467. The fourth-order valence-electron chi connectivity index (χ4n) is 8.52. The Morgan fingerprint density at radius 2 is 1.83 bits per heavy atom. The van der Waals surface area contributed by atoms with E-state index in [9.17, 15) is 19.2 Å². The van der Waals surface area contributed by atoms with Gasteiger partial charge < -0.3 is 23.9 Å². The van der Waals surface area contributed by atoms with Crippen molar-refractivity contribution >= 4 is 51.0 Å². The van der Waals surface area contributed by atoms with Gasteiger partial charge in [-0.25, -0.2) is 9.97 Å². The van der Waals surface area contributed by atoms with Crippen molar-refractivity contribution in [2.45, 2.75) is 63.7 Å². The van der Waals surface area contributed by atoms with E-state index in [1.807, 2.05) is 32.3 Å². The van der Waals surface area contributed by atoms with Gasteiger partial charge in [0.1, 0.15) is 11.3 Å². The fraction of sp³-hybridized carbons (Fsp3) is 0.326. The number of nitrogens with zero attached hydrogens (tertiary/aromatic N) is 5. The smallest absolute Gasteiger partial charge is 0.270 e. The molecule has 0 aliphatic carbocycles. The molecule has 3 aliphatic heterocycles. The summed E-state index contributed by atoms with van der Waals surface area (Å²) in [5.41, 5.74) is 8.90. The van der Waals surface area contributed by atoms with E-state index in [0.717, 1.165) is 89.9 Å². The number of aromatic nitrogens is 4. The third kappa shape index (κ3) is 7.36. The maximum atomic E-state index is 13.3. The Hall–Kier alpha value is -6.65. The molecule has 0 spiro atoms. The van der Waals surface area contributed by atoms with Crippen molar-refractivity contribution in [3.05, 3.63) is 111 Å². The Bertz CT molecular complexity index is 2770. The number of carbonyl (C=O) groups is 3. The minimum absolute atomic E-state index is 0.0391. The van der Waals surface area contributed by atoms with Crippen LogP contribution in [0.2, 0.25) is 0 Å². The lowest BCUT2D eigenvalue weighted by Gasteiger charge is -2.33. The molecule has 7 heterocycles. The topological polar surface area (TPSA) is 162 Å². The lowest BCUT2D eigenvalue weighted by atomic mass is 9.89. The van der Waals surface area contributed by atoms with E-state index in [1.165, 1.54) is 5.56 Å². The largest absolute Gasteiger partial charge is 0.464 e. The molecule has 0 radical (unpaired) electrons. The molecule has 298 valence electrons. The highest BCUT2D eigenvalue weighted by atomic mass is 16.5. The van der Waals surface area contributed by atoms with Gasteiger partial charge in [0.25, 0.3) is 11.5 Å². The van der Waals surface area contributed by atoms with Crippen molar-refractivity contribution in [1.29, 1.82) is 0 Å². The maximum Gasteiger partial charge on any atom is 0.270 e. The number of rotatable bonds is 7. The van der Waals surface area contributed by atoms with E-state index in [-0.39, 0.29) is 41.9 Å². The molecule has 2 fully saturated rings. The van der Waals surface area contributed by atoms with E-state index >= 15 is 0 Å². The summed E-state index contributed by atoms with van der Waals surface area (Å²) in [4.78, 5) is 66.9. The molecule has 3 amide bonds. The van der Waals surface area contributed by atoms with Crippen LogP contribution in [0.5, 0.6) is 0 Å². The van der Waals surface area contributed by atoms with Crippen LogP contribution >= 0.6 is 0 Å². The Kier molecular flexibility index (Phi) is 10.2. The first-order valence-electron chi connectivity index (χ1n) is 20.2. The number of carbonyl (C=O) groups excluding carboxylic acids is 3. The van der Waals surface area contributed by atoms with Gasteiger partial charge in [0, 0.05) is 72.5 Å². The third-order valence-electron chi connectivity index (χ3n) is 11.8. The summed E-state index contributed by atoms with van der Waals surface area (Å²) in [6.45, 7) is 4.37. The van der Waals surface area contributed by atoms with Gasteiger partial charge in [-0.2, -0.15) is 0 Å². The predicted octanol–water partition coefficient (Wildman–Crippen LogP) is 5.98. The first kappa shape index (κ1) is 37.9. The SMILES string of the molecule is CCc1cc2c(N3CCCc4nc(-c5ccc(C(=O)NCC#Cc6ccc7occ(C8CCC(=O)NC8=O)c7c6)nc5)ncc43)cc(C3CCOCC3)cc2n(C)c1=O. The number of ether oxygens (including phenoxy) is 1. The second-order valence-corrected chi connectivity index (χ2v) is 15.3. The number of aryl methyl sites for hydroxylation is 3. The third-order valence-corrected chi connectivity index (χ3v) is 11.8. The van der Waals surface area contributed by atoms with Gasteiger partial charge in [0.05, 0.1) is 47.5 Å². The van der Waals surface area contributed by atoms with Crippen molar-refractivity contribution in [1.82, 2.24) is 30.2 Å². The van der Waals surface area contributed by atoms with Crippen LogP contribution in [-0.2, 0) is 34.2 Å². The molecule has 13 nitrogen and oxygen atoms in total. The Balaban J connectivity index is 0.906. The van der Waals surface area contributed by atoms with Crippen LogP contribution in [0.4, 0.5) is 11.4 Å². The first-order chi connectivity index (χ1) is 28.7. The summed E-state index contributed by atoms with van der Waals surface area (Å²) in [6, 6.07) is 15.5. The number of benzene rings is 2. The number of fused-ring (bicyclic) bond motifs is 3. The molecule has 6 aromatic rings. The van der Waals surface area contributed by atoms with Crippen LogP contribution in [0.15, 0.2) is 76.4 Å². The summed E-state index contributed by atoms with van der Waals surface area (Å²) < 4.78 is 13.1. The fourth-order valence-corrected chi connectivity index (χ4v) is 8.52. The van der Waals surface area contributed by atoms with Gasteiger partial charge in [-0.15, -0.1) is 0 Å². The number of anilines is 2. The molecule has 59 heavy (non-hydrogen) atoms. The van der Waals surface area contributed by atoms with Gasteiger partial charge >= 0.3 is 0 Å². The van der Waals surface area contributed by atoms with Gasteiger partial charge in [-0.1, -0.05) is 18.8 Å². The van der Waals surface area contributed by atoms with E-state index in [4.69, 9.17) is 19.1 Å². The highest BCUT2D eigenvalue weighted by Crippen LogP contribution is 2.41. The lowest BCUT2D eigenvalue weighted by Crippen LogP contribution is -2.39. The van der Waals surface area contributed by atoms with E-state index < -0.39 is 5.92 Å². The zero-order valence-electron chi connectivity index (χ0n) is 33.0. The van der Waals surface area contributed by atoms with Crippen molar-refractivity contribution in [2.75, 3.05) is 31.2 Å². The van der Waals surface area contributed by atoms with E-state index in [2.05, 4.69) is 50.6 Å². The zero-order chi connectivity index (χ0) is 40.6. The Morgan fingerprint density at radius 3 is 2.63 bits per heavy atom. The molecule has 3 aliphatic rings. The standard InChI is InChI=1S/C46H43N7O6/c1-3-28-21-34-38(52(2)46(28)57)22-31(29-14-18-58-19-15-29)23-39(34)53-17-5-7-36-40(53)25-49-43(50-36)30-9-11-37(48-24-30)45(56)47-16-4-6-27-8-12-41-33(20-27)35(26-59-41)32-10-13-42(54)51-44(32)55/h8-9,11-12,20-26,29,32H,3,5,7,10,13-19H2,1-2H3,(H,47,56)(H,51,54,55). The Morgan fingerprint density at radius 1 is 0.966 bits per heavy atom. The van der Waals surface area contributed by atoms with E-state index in [0.29, 0.717) is 41.3 Å². The number of furan rings is 1. The van der Waals surface area contributed by atoms with Crippen molar-refractivity contribution in [3.8, 4) is 23.2 Å². The summed E-state index contributed by atoms with van der Waals surface area (Å²) in [6.07, 6.45) is 9.99. The van der Waals surface area contributed by atoms with Gasteiger partial charge in [-0.3, -0.25) is 29.5 Å². The lowest BCUT2D eigenvalue weighted by molar-refractivity contribution is -0.134. The zero-order valence-corrected chi connectivity index (χ0v) is 33.0. The number of imide groups is 1. The van der Waals surface area contributed by atoms with Crippen LogP contribution in [0, 0.1) is 11.8 Å². The van der Waals surface area contributed by atoms with Crippen LogP contribution in [0.1, 0.15) is 89.3 Å². The monoisotopic (exact) mass is 789 g/mol. The van der Waals surface area contributed by atoms with Crippen LogP contribution in [0.25, 0.3) is 33.3 Å². The number of hydrogen-bond acceptors (Lipinski definition) is 10. The number of piperidine rings is 1. The first-order valence-corrected chi connectivity index (χ1v) is 20.2. The predicted molar refractivity (Wildman–Crippen MR) is 223 cm³/mol. The van der Waals surface area contributed by atoms with Gasteiger partial charge in [0.2, 0.25) is 11.8 Å². The van der Waals surface area contributed by atoms with Gasteiger partial charge in [-0.05, 0) is 98.5 Å². The quantitative estimate of drug-likeness (QED) is 0.146. The molecular formula is C46H43N7O6. The molecule has 1 atom stereocenters. The number of pyridine rings is 2. The van der Waals surface area contributed by atoms with Crippen LogP contribution < -0.4 is 21.1 Å². The number of nitrogens with one attached hydrogen (secondary N) is 2. The Labute approximate surface area is 340 Å². The minimum Gasteiger partial charge on any atom is -0.464 e. The molecule has 13 heteroatoms. The van der Waals surface area contributed by atoms with Crippen molar-refractivity contribution in [2.24, 2.45) is 7.05 Å².